The van der Waals surface area contributed by atoms with Crippen molar-refractivity contribution < 1.29 is 8.78 Å². The van der Waals surface area contributed by atoms with Crippen molar-refractivity contribution in [3.63, 3.8) is 0 Å². The molecule has 0 aliphatic carbocycles. The molecule has 4 rings (SSSR count). The van der Waals surface area contributed by atoms with Crippen molar-refractivity contribution in [2.24, 2.45) is 0 Å². The fourth-order valence-electron chi connectivity index (χ4n) is 3.50. The summed E-state index contributed by atoms with van der Waals surface area (Å²) >= 11 is 0. The predicted molar refractivity (Wildman–Crippen MR) is 113 cm³/mol. The monoisotopic (exact) mass is 401 g/mol. The molecule has 3 aromatic carbocycles. The van der Waals surface area contributed by atoms with Crippen LogP contribution in [0, 0.1) is 23.0 Å². The number of hydrogen-bond acceptors (Lipinski definition) is 5. The number of nitrogens with zero attached hydrogens (tertiary/aromatic N) is 3. The SMILES string of the molecule is N#Cc1nc(N)cc(NCCc2ccc3ccccc3c2-c2cc(F)cc(F)c2)n1. The second kappa shape index (κ2) is 8.13. The summed E-state index contributed by atoms with van der Waals surface area (Å²) in [6.07, 6.45) is 0.560. The van der Waals surface area contributed by atoms with Gasteiger partial charge < -0.3 is 11.1 Å². The molecule has 0 saturated carbocycles. The van der Waals surface area contributed by atoms with Gasteiger partial charge in [-0.2, -0.15) is 5.26 Å². The van der Waals surface area contributed by atoms with Gasteiger partial charge in [-0.1, -0.05) is 36.4 Å². The minimum absolute atomic E-state index is 0.0147. The van der Waals surface area contributed by atoms with Gasteiger partial charge >= 0.3 is 0 Å². The number of nitrogen functional groups attached to an aromatic ring is 1. The molecule has 0 radical (unpaired) electrons. The third-order valence-electron chi connectivity index (χ3n) is 4.71. The summed E-state index contributed by atoms with van der Waals surface area (Å²) in [5.74, 6) is -0.618. The number of rotatable bonds is 5. The Hall–Kier alpha value is -4.05. The number of fused-ring (bicyclic) bond motifs is 1. The first-order valence-electron chi connectivity index (χ1n) is 9.29. The van der Waals surface area contributed by atoms with Gasteiger partial charge in [0.05, 0.1) is 0 Å². The molecule has 7 heteroatoms. The third kappa shape index (κ3) is 4.03. The van der Waals surface area contributed by atoms with Crippen molar-refractivity contribution in [3.05, 3.63) is 83.7 Å². The number of benzene rings is 3. The van der Waals surface area contributed by atoms with Gasteiger partial charge in [0.1, 0.15) is 29.3 Å². The highest BCUT2D eigenvalue weighted by atomic mass is 19.1. The smallest absolute Gasteiger partial charge is 0.236 e. The third-order valence-corrected chi connectivity index (χ3v) is 4.71. The topological polar surface area (TPSA) is 87.6 Å². The van der Waals surface area contributed by atoms with E-state index in [4.69, 9.17) is 11.0 Å². The Morgan fingerprint density at radius 2 is 1.73 bits per heavy atom. The van der Waals surface area contributed by atoms with E-state index in [9.17, 15) is 8.78 Å². The van der Waals surface area contributed by atoms with Crippen LogP contribution in [0.25, 0.3) is 21.9 Å². The van der Waals surface area contributed by atoms with Gasteiger partial charge in [0.25, 0.3) is 0 Å². The number of halogens is 2. The highest BCUT2D eigenvalue weighted by Crippen LogP contribution is 2.33. The second-order valence-corrected chi connectivity index (χ2v) is 6.77. The van der Waals surface area contributed by atoms with Crippen LogP contribution >= 0.6 is 0 Å². The summed E-state index contributed by atoms with van der Waals surface area (Å²) in [6.45, 7) is 0.477. The molecule has 4 aromatic rings. The summed E-state index contributed by atoms with van der Waals surface area (Å²) in [4.78, 5) is 7.89. The lowest BCUT2D eigenvalue weighted by Crippen LogP contribution is -2.09. The molecule has 0 bridgehead atoms. The molecular formula is C23H17F2N5. The minimum atomic E-state index is -0.623. The average molecular weight is 401 g/mol. The number of nitriles is 1. The van der Waals surface area contributed by atoms with Crippen molar-refractivity contribution >= 4 is 22.4 Å². The molecule has 0 fully saturated rings. The van der Waals surface area contributed by atoms with Crippen molar-refractivity contribution in [1.29, 1.82) is 5.26 Å². The van der Waals surface area contributed by atoms with E-state index in [1.54, 1.807) is 6.07 Å². The highest BCUT2D eigenvalue weighted by Gasteiger charge is 2.12. The first kappa shape index (κ1) is 19.3. The molecular weight excluding hydrogens is 384 g/mol. The second-order valence-electron chi connectivity index (χ2n) is 6.77. The van der Waals surface area contributed by atoms with Gasteiger partial charge in [-0.3, -0.25) is 0 Å². The van der Waals surface area contributed by atoms with Crippen molar-refractivity contribution in [2.75, 3.05) is 17.6 Å². The molecule has 30 heavy (non-hydrogen) atoms. The van der Waals surface area contributed by atoms with Crippen molar-refractivity contribution in [2.45, 2.75) is 6.42 Å². The van der Waals surface area contributed by atoms with Gasteiger partial charge in [0.15, 0.2) is 0 Å². The first-order chi connectivity index (χ1) is 14.5. The molecule has 0 saturated heterocycles. The Morgan fingerprint density at radius 1 is 0.967 bits per heavy atom. The van der Waals surface area contributed by atoms with E-state index in [1.165, 1.54) is 12.1 Å². The van der Waals surface area contributed by atoms with Crippen LogP contribution in [0.1, 0.15) is 11.4 Å². The number of hydrogen-bond donors (Lipinski definition) is 2. The first-order valence-corrected chi connectivity index (χ1v) is 9.29. The van der Waals surface area contributed by atoms with E-state index in [2.05, 4.69) is 15.3 Å². The van der Waals surface area contributed by atoms with E-state index >= 15 is 0 Å². The lowest BCUT2D eigenvalue weighted by molar-refractivity contribution is 0.584. The molecule has 0 atom stereocenters. The number of aromatic nitrogens is 2. The molecule has 0 amide bonds. The Labute approximate surface area is 171 Å². The normalized spacial score (nSPS) is 10.7. The Morgan fingerprint density at radius 3 is 2.50 bits per heavy atom. The van der Waals surface area contributed by atoms with Gasteiger partial charge in [0, 0.05) is 18.7 Å². The van der Waals surface area contributed by atoms with Crippen LogP contribution in [0.5, 0.6) is 0 Å². The molecule has 5 nitrogen and oxygen atoms in total. The van der Waals surface area contributed by atoms with Crippen LogP contribution in [0.3, 0.4) is 0 Å². The van der Waals surface area contributed by atoms with Crippen molar-refractivity contribution in [3.8, 4) is 17.2 Å². The Bertz CT molecular complexity index is 1260. The fraction of sp³-hybridized carbons (Fsp3) is 0.0870. The Balaban J connectivity index is 1.69. The van der Waals surface area contributed by atoms with Crippen molar-refractivity contribution in [1.82, 2.24) is 9.97 Å². The van der Waals surface area contributed by atoms with E-state index in [-0.39, 0.29) is 11.6 Å². The number of nitrogens with two attached hydrogens (primary N) is 1. The van der Waals surface area contributed by atoms with E-state index in [0.29, 0.717) is 24.3 Å². The number of nitrogens with one attached hydrogen (secondary N) is 1. The van der Waals surface area contributed by atoms with Crippen LogP contribution in [-0.2, 0) is 6.42 Å². The highest BCUT2D eigenvalue weighted by molar-refractivity contribution is 5.98. The minimum Gasteiger partial charge on any atom is -0.383 e. The quantitative estimate of drug-likeness (QED) is 0.507. The molecule has 0 aliphatic heterocycles. The summed E-state index contributed by atoms with van der Waals surface area (Å²) < 4.78 is 27.8. The summed E-state index contributed by atoms with van der Waals surface area (Å²) in [7, 11) is 0. The zero-order valence-corrected chi connectivity index (χ0v) is 15.9. The molecule has 1 heterocycles. The average Bonchev–Trinajstić information content (AvgIpc) is 2.72. The largest absolute Gasteiger partial charge is 0.383 e. The van der Waals surface area contributed by atoms with Gasteiger partial charge in [0.2, 0.25) is 5.82 Å². The lowest BCUT2D eigenvalue weighted by atomic mass is 9.91. The van der Waals surface area contributed by atoms with Gasteiger partial charge in [-0.15, -0.1) is 0 Å². The van der Waals surface area contributed by atoms with Crippen LogP contribution in [0.15, 0.2) is 60.7 Å². The molecule has 3 N–H and O–H groups in total. The summed E-state index contributed by atoms with van der Waals surface area (Å²) in [5, 5.41) is 14.0. The van der Waals surface area contributed by atoms with E-state index in [1.807, 2.05) is 42.5 Å². The van der Waals surface area contributed by atoms with Crippen LogP contribution in [-0.4, -0.2) is 16.5 Å². The van der Waals surface area contributed by atoms with Crippen LogP contribution in [0.2, 0.25) is 0 Å². The van der Waals surface area contributed by atoms with E-state index in [0.717, 1.165) is 28.0 Å². The molecule has 1 aromatic heterocycles. The summed E-state index contributed by atoms with van der Waals surface area (Å²) in [5.41, 5.74) is 7.89. The molecule has 0 spiro atoms. The molecule has 0 aliphatic rings. The maximum Gasteiger partial charge on any atom is 0.236 e. The zero-order valence-electron chi connectivity index (χ0n) is 15.9. The lowest BCUT2D eigenvalue weighted by Gasteiger charge is -2.15. The maximum absolute atomic E-state index is 13.9. The zero-order chi connectivity index (χ0) is 21.1. The van der Waals surface area contributed by atoms with Crippen LogP contribution in [0.4, 0.5) is 20.4 Å². The fourth-order valence-corrected chi connectivity index (χ4v) is 3.50. The molecule has 148 valence electrons. The van der Waals surface area contributed by atoms with Gasteiger partial charge in [-0.05, 0) is 46.0 Å². The maximum atomic E-state index is 13.9. The standard InChI is InChI=1S/C23H17F2N5/c24-17-9-16(10-18(25)11-17)23-15(6-5-14-3-1-2-4-19(14)23)7-8-28-21-12-20(27)29-22(13-26)30-21/h1-6,9-12H,7-8H2,(H3,27,28,29,30). The number of anilines is 2. The molecule has 0 unspecified atom stereocenters. The predicted octanol–water partition coefficient (Wildman–Crippen LogP) is 4.68. The van der Waals surface area contributed by atoms with E-state index < -0.39 is 11.6 Å². The summed E-state index contributed by atoms with van der Waals surface area (Å²) in [6, 6.07) is 18.6. The van der Waals surface area contributed by atoms with Gasteiger partial charge in [-0.25, -0.2) is 18.7 Å². The van der Waals surface area contributed by atoms with Crippen LogP contribution < -0.4 is 11.1 Å². The Kier molecular flexibility index (Phi) is 5.22.